The van der Waals surface area contributed by atoms with E-state index in [0.717, 1.165) is 37.7 Å². The lowest BCUT2D eigenvalue weighted by atomic mass is 9.88. The largest absolute Gasteiger partial charge is 0.326 e. The number of benzene rings is 3. The van der Waals surface area contributed by atoms with Crippen molar-refractivity contribution < 1.29 is 4.79 Å². The molecule has 4 nitrogen and oxygen atoms in total. The van der Waals surface area contributed by atoms with Crippen LogP contribution in [0.3, 0.4) is 0 Å². The van der Waals surface area contributed by atoms with Crippen molar-refractivity contribution in [2.24, 2.45) is 0 Å². The topological polar surface area (TPSA) is 54.9 Å². The van der Waals surface area contributed by atoms with Crippen molar-refractivity contribution in [1.29, 1.82) is 0 Å². The van der Waals surface area contributed by atoms with Crippen molar-refractivity contribution in [3.63, 3.8) is 0 Å². The average molecular weight is 436 g/mol. The smallest absolute Gasteiger partial charge is 0.225 e. The number of amides is 1. The van der Waals surface area contributed by atoms with Gasteiger partial charge in [0.1, 0.15) is 15.4 Å². The maximum Gasteiger partial charge on any atom is 0.225 e. The quantitative estimate of drug-likeness (QED) is 0.330. The molecule has 0 saturated heterocycles. The third-order valence-electron chi connectivity index (χ3n) is 5.38. The minimum atomic E-state index is -0.0142. The summed E-state index contributed by atoms with van der Waals surface area (Å²) in [7, 11) is 0. The molecule has 1 amide bonds. The van der Waals surface area contributed by atoms with Crippen LogP contribution in [0.5, 0.6) is 0 Å². The third-order valence-corrected chi connectivity index (χ3v) is 6.40. The van der Waals surface area contributed by atoms with Crippen LogP contribution in [0.15, 0.2) is 103 Å². The van der Waals surface area contributed by atoms with Crippen molar-refractivity contribution >= 4 is 33.3 Å². The number of fused-ring (bicyclic) bond motifs is 1. The number of pyridine rings is 1. The second-order valence-corrected chi connectivity index (χ2v) is 8.53. The van der Waals surface area contributed by atoms with Crippen molar-refractivity contribution in [1.82, 2.24) is 9.97 Å². The van der Waals surface area contributed by atoms with Gasteiger partial charge in [-0.15, -0.1) is 0 Å². The third kappa shape index (κ3) is 4.43. The van der Waals surface area contributed by atoms with Crippen LogP contribution in [0.4, 0.5) is 5.69 Å². The van der Waals surface area contributed by atoms with E-state index in [9.17, 15) is 4.79 Å². The van der Waals surface area contributed by atoms with Crippen LogP contribution in [0.25, 0.3) is 20.9 Å². The van der Waals surface area contributed by atoms with Crippen molar-refractivity contribution in [3.8, 4) is 10.6 Å². The number of thiazole rings is 1. The molecule has 2 aromatic heterocycles. The summed E-state index contributed by atoms with van der Waals surface area (Å²) in [4.78, 5) is 22.8. The zero-order valence-electron chi connectivity index (χ0n) is 17.3. The Labute approximate surface area is 190 Å². The van der Waals surface area contributed by atoms with Crippen molar-refractivity contribution in [2.45, 2.75) is 12.3 Å². The van der Waals surface area contributed by atoms with Gasteiger partial charge in [0.05, 0.1) is 0 Å². The first-order chi connectivity index (χ1) is 15.8. The van der Waals surface area contributed by atoms with Gasteiger partial charge in [0.25, 0.3) is 0 Å². The molecule has 32 heavy (non-hydrogen) atoms. The van der Waals surface area contributed by atoms with Crippen molar-refractivity contribution in [3.05, 3.63) is 114 Å². The van der Waals surface area contributed by atoms with Crippen LogP contribution >= 0.6 is 11.3 Å². The maximum atomic E-state index is 12.9. The minimum Gasteiger partial charge on any atom is -0.326 e. The Bertz CT molecular complexity index is 1260. The van der Waals surface area contributed by atoms with Gasteiger partial charge in [-0.25, -0.2) is 9.97 Å². The number of aromatic nitrogens is 2. The molecule has 156 valence electrons. The highest BCUT2D eigenvalue weighted by Crippen LogP contribution is 2.30. The van der Waals surface area contributed by atoms with Gasteiger partial charge >= 0.3 is 0 Å². The summed E-state index contributed by atoms with van der Waals surface area (Å²) in [6, 6.07) is 32.0. The highest BCUT2D eigenvalue weighted by molar-refractivity contribution is 7.21. The summed E-state index contributed by atoms with van der Waals surface area (Å²) in [6.45, 7) is 0. The summed E-state index contributed by atoms with van der Waals surface area (Å²) < 4.78 is 0. The minimum absolute atomic E-state index is 0.00641. The highest BCUT2D eigenvalue weighted by Gasteiger charge is 2.18. The SMILES string of the molecule is O=C(CC(c1ccccc1)c1ccccc1)Nc1ccc(-c2nc3cccnc3s2)cc1. The molecule has 5 rings (SSSR count). The lowest BCUT2D eigenvalue weighted by Gasteiger charge is -2.18. The molecule has 5 aromatic rings. The van der Waals surface area contributed by atoms with Gasteiger partial charge < -0.3 is 5.32 Å². The van der Waals surface area contributed by atoms with E-state index in [2.05, 4.69) is 39.6 Å². The average Bonchev–Trinajstić information content (AvgIpc) is 3.28. The molecule has 0 bridgehead atoms. The van der Waals surface area contributed by atoms with Gasteiger partial charge in [0.15, 0.2) is 0 Å². The summed E-state index contributed by atoms with van der Waals surface area (Å²) in [5.74, 6) is -0.00781. The standard InChI is InChI=1S/C27H21N3OS/c31-25(18-23(19-8-3-1-4-9-19)20-10-5-2-6-11-20)29-22-15-13-21(14-16-22)26-30-24-12-7-17-28-27(24)32-26/h1-17,23H,18H2,(H,29,31). The number of hydrogen-bond donors (Lipinski definition) is 1. The van der Waals surface area contributed by atoms with Crippen LogP contribution < -0.4 is 5.32 Å². The fraction of sp³-hybridized carbons (Fsp3) is 0.0741. The summed E-state index contributed by atoms with van der Waals surface area (Å²) in [6.07, 6.45) is 2.15. The van der Waals surface area contributed by atoms with E-state index in [4.69, 9.17) is 0 Å². The second-order valence-electron chi connectivity index (χ2n) is 7.55. The van der Waals surface area contributed by atoms with Gasteiger partial charge in [0, 0.05) is 29.8 Å². The van der Waals surface area contributed by atoms with Gasteiger partial charge in [-0.05, 0) is 47.5 Å². The molecule has 0 aliphatic carbocycles. The zero-order chi connectivity index (χ0) is 21.8. The number of anilines is 1. The Morgan fingerprint density at radius 3 is 2.09 bits per heavy atom. The predicted octanol–water partition coefficient (Wildman–Crippen LogP) is 6.52. The fourth-order valence-electron chi connectivity index (χ4n) is 3.79. The van der Waals surface area contributed by atoms with Gasteiger partial charge in [-0.1, -0.05) is 72.0 Å². The predicted molar refractivity (Wildman–Crippen MR) is 131 cm³/mol. The molecule has 3 aromatic carbocycles. The Morgan fingerprint density at radius 1 is 0.812 bits per heavy atom. The van der Waals surface area contributed by atoms with Gasteiger partial charge in [-0.2, -0.15) is 0 Å². The van der Waals surface area contributed by atoms with Gasteiger partial charge in [-0.3, -0.25) is 4.79 Å². The molecule has 0 aliphatic heterocycles. The van der Waals surface area contributed by atoms with E-state index < -0.39 is 0 Å². The number of hydrogen-bond acceptors (Lipinski definition) is 4. The molecule has 0 fully saturated rings. The number of rotatable bonds is 6. The first-order valence-corrected chi connectivity index (χ1v) is 11.3. The normalized spacial score (nSPS) is 11.0. The highest BCUT2D eigenvalue weighted by atomic mass is 32.1. The Hall–Kier alpha value is -3.83. The van der Waals surface area contributed by atoms with Crippen LogP contribution in [-0.4, -0.2) is 15.9 Å². The van der Waals surface area contributed by atoms with Gasteiger partial charge in [0.2, 0.25) is 5.91 Å². The Balaban J connectivity index is 1.31. The Kier molecular flexibility index (Phi) is 5.73. The van der Waals surface area contributed by atoms with E-state index in [1.54, 1.807) is 17.5 Å². The fourth-order valence-corrected chi connectivity index (χ4v) is 4.70. The van der Waals surface area contributed by atoms with Crippen LogP contribution in [-0.2, 0) is 4.79 Å². The molecule has 0 aliphatic rings. The first-order valence-electron chi connectivity index (χ1n) is 10.5. The maximum absolute atomic E-state index is 12.9. The molecule has 1 N–H and O–H groups in total. The molecular weight excluding hydrogens is 414 g/mol. The van der Waals surface area contributed by atoms with E-state index in [-0.39, 0.29) is 11.8 Å². The molecule has 0 radical (unpaired) electrons. The molecule has 0 unspecified atom stereocenters. The van der Waals surface area contributed by atoms with Crippen molar-refractivity contribution in [2.75, 3.05) is 5.32 Å². The number of carbonyl (C=O) groups is 1. The molecule has 2 heterocycles. The van der Waals surface area contributed by atoms with E-state index >= 15 is 0 Å². The van der Waals surface area contributed by atoms with E-state index in [1.165, 1.54) is 0 Å². The monoisotopic (exact) mass is 435 g/mol. The molecule has 0 spiro atoms. The zero-order valence-corrected chi connectivity index (χ0v) is 18.1. The van der Waals surface area contributed by atoms with E-state index in [1.807, 2.05) is 72.8 Å². The number of nitrogens with one attached hydrogen (secondary N) is 1. The number of carbonyl (C=O) groups excluding carboxylic acids is 1. The van der Waals surface area contributed by atoms with Crippen LogP contribution in [0.1, 0.15) is 23.5 Å². The summed E-state index contributed by atoms with van der Waals surface area (Å²) >= 11 is 1.56. The first kappa shape index (κ1) is 20.1. The number of nitrogens with zero attached hydrogens (tertiary/aromatic N) is 2. The second kappa shape index (κ2) is 9.12. The summed E-state index contributed by atoms with van der Waals surface area (Å²) in [5, 5.41) is 3.97. The lowest BCUT2D eigenvalue weighted by Crippen LogP contribution is -2.16. The Morgan fingerprint density at radius 2 is 1.47 bits per heavy atom. The van der Waals surface area contributed by atoms with Crippen LogP contribution in [0.2, 0.25) is 0 Å². The molecule has 5 heteroatoms. The van der Waals surface area contributed by atoms with Crippen LogP contribution in [0, 0.1) is 0 Å². The molecule has 0 saturated carbocycles. The van der Waals surface area contributed by atoms with E-state index in [0.29, 0.717) is 6.42 Å². The molecule has 0 atom stereocenters. The molecular formula is C27H21N3OS. The lowest BCUT2D eigenvalue weighted by molar-refractivity contribution is -0.116. The summed E-state index contributed by atoms with van der Waals surface area (Å²) in [5.41, 5.74) is 4.95.